The fourth-order valence-electron chi connectivity index (χ4n) is 2.74. The van der Waals surface area contributed by atoms with Gasteiger partial charge in [-0.2, -0.15) is 0 Å². The second-order valence-corrected chi connectivity index (χ2v) is 13.2. The van der Waals surface area contributed by atoms with Gasteiger partial charge in [-0.25, -0.2) is 4.79 Å². The number of cyclic esters (lactones) is 1. The number of fused-ring (bicyclic) bond motifs is 1. The Labute approximate surface area is 156 Å². The molecule has 0 aliphatic carbocycles. The highest BCUT2D eigenvalue weighted by molar-refractivity contribution is 6.74. The number of rotatable bonds is 5. The van der Waals surface area contributed by atoms with Crippen molar-refractivity contribution in [3.63, 3.8) is 0 Å². The van der Waals surface area contributed by atoms with E-state index in [-0.39, 0.29) is 17.2 Å². The van der Waals surface area contributed by atoms with E-state index in [1.807, 2.05) is 18.2 Å². The number of ether oxygens (including phenoxy) is 3. The average Bonchev–Trinajstić information content (AvgIpc) is 2.94. The molecule has 0 radical (unpaired) electrons. The van der Waals surface area contributed by atoms with Crippen LogP contribution < -0.4 is 14.4 Å². The minimum Gasteiger partial charge on any atom is -0.486 e. The van der Waals surface area contributed by atoms with Crippen molar-refractivity contribution < 1.29 is 23.4 Å². The van der Waals surface area contributed by atoms with Crippen LogP contribution >= 0.6 is 0 Å². The van der Waals surface area contributed by atoms with Gasteiger partial charge in [0.15, 0.2) is 19.8 Å². The summed E-state index contributed by atoms with van der Waals surface area (Å²) >= 11 is 0. The van der Waals surface area contributed by atoms with Gasteiger partial charge in [-0.1, -0.05) is 20.8 Å². The fraction of sp³-hybridized carbons (Fsp3) is 0.632. The van der Waals surface area contributed by atoms with Crippen molar-refractivity contribution >= 4 is 20.1 Å². The Morgan fingerprint density at radius 1 is 1.19 bits per heavy atom. The predicted octanol–water partition coefficient (Wildman–Crippen LogP) is 4.19. The van der Waals surface area contributed by atoms with Crippen LogP contribution in [0.5, 0.6) is 11.5 Å². The van der Waals surface area contributed by atoms with Crippen molar-refractivity contribution in [2.45, 2.75) is 51.4 Å². The fourth-order valence-corrected chi connectivity index (χ4v) is 3.81. The lowest BCUT2D eigenvalue weighted by Gasteiger charge is -2.36. The zero-order valence-electron chi connectivity index (χ0n) is 16.3. The lowest BCUT2D eigenvalue weighted by Crippen LogP contribution is -2.41. The van der Waals surface area contributed by atoms with Crippen molar-refractivity contribution in [2.75, 3.05) is 31.3 Å². The van der Waals surface area contributed by atoms with Crippen LogP contribution in [-0.4, -0.2) is 46.9 Å². The molecule has 1 aromatic carbocycles. The standard InChI is InChI=1S/C19H29NO5Si/c1-19(2,3)26(4,5)24-9-8-15-13-20(18(21)25-15)14-6-7-16-17(12-14)23-11-10-22-16/h6-7,12,15H,8-11,13H2,1-5H3/t15-/m1/s1. The number of anilines is 1. The molecule has 0 unspecified atom stereocenters. The molecule has 1 saturated heterocycles. The summed E-state index contributed by atoms with van der Waals surface area (Å²) < 4.78 is 22.9. The highest BCUT2D eigenvalue weighted by atomic mass is 28.4. The number of amides is 1. The summed E-state index contributed by atoms with van der Waals surface area (Å²) in [6.07, 6.45) is 0.235. The second kappa shape index (κ2) is 7.11. The van der Waals surface area contributed by atoms with Crippen LogP contribution in [0.4, 0.5) is 10.5 Å². The third-order valence-electron chi connectivity index (χ3n) is 5.42. The Balaban J connectivity index is 1.57. The first-order valence-corrected chi connectivity index (χ1v) is 12.1. The summed E-state index contributed by atoms with van der Waals surface area (Å²) in [6.45, 7) is 13.3. The van der Waals surface area contributed by atoms with Gasteiger partial charge in [-0.05, 0) is 30.3 Å². The molecule has 3 rings (SSSR count). The second-order valence-electron chi connectivity index (χ2n) is 8.34. The molecule has 0 spiro atoms. The molecule has 26 heavy (non-hydrogen) atoms. The maximum Gasteiger partial charge on any atom is 0.414 e. The summed E-state index contributed by atoms with van der Waals surface area (Å²) in [4.78, 5) is 13.9. The van der Waals surface area contributed by atoms with E-state index in [1.165, 1.54) is 0 Å². The molecule has 7 heteroatoms. The molecular formula is C19H29NO5Si. The Hall–Kier alpha value is -1.73. The Kier molecular flexibility index (Phi) is 5.21. The molecule has 0 saturated carbocycles. The molecule has 2 heterocycles. The normalized spacial score (nSPS) is 20.3. The maximum absolute atomic E-state index is 12.3. The van der Waals surface area contributed by atoms with Gasteiger partial charge in [-0.15, -0.1) is 0 Å². The van der Waals surface area contributed by atoms with Gasteiger partial charge in [0.25, 0.3) is 0 Å². The van der Waals surface area contributed by atoms with E-state index in [4.69, 9.17) is 18.6 Å². The molecule has 0 aromatic heterocycles. The molecule has 2 aliphatic rings. The third-order valence-corrected chi connectivity index (χ3v) is 9.96. The third kappa shape index (κ3) is 3.99. The maximum atomic E-state index is 12.3. The van der Waals surface area contributed by atoms with Crippen LogP contribution in [0.25, 0.3) is 0 Å². The predicted molar refractivity (Wildman–Crippen MR) is 103 cm³/mol. The van der Waals surface area contributed by atoms with Gasteiger partial charge in [0.1, 0.15) is 19.3 Å². The van der Waals surface area contributed by atoms with Crippen LogP contribution in [-0.2, 0) is 9.16 Å². The van der Waals surface area contributed by atoms with Crippen molar-refractivity contribution in [2.24, 2.45) is 0 Å². The van der Waals surface area contributed by atoms with E-state index in [2.05, 4.69) is 33.9 Å². The first-order chi connectivity index (χ1) is 12.2. The summed E-state index contributed by atoms with van der Waals surface area (Å²) in [6, 6.07) is 5.54. The summed E-state index contributed by atoms with van der Waals surface area (Å²) in [5.41, 5.74) is 0.770. The molecule has 1 fully saturated rings. The Morgan fingerprint density at radius 3 is 2.58 bits per heavy atom. The summed E-state index contributed by atoms with van der Waals surface area (Å²) in [5.74, 6) is 1.39. The van der Waals surface area contributed by atoms with Crippen molar-refractivity contribution in [1.82, 2.24) is 0 Å². The smallest absolute Gasteiger partial charge is 0.414 e. The zero-order chi connectivity index (χ0) is 18.9. The van der Waals surface area contributed by atoms with E-state index in [1.54, 1.807) is 4.90 Å². The molecule has 1 aromatic rings. The van der Waals surface area contributed by atoms with E-state index in [9.17, 15) is 4.79 Å². The topological polar surface area (TPSA) is 57.2 Å². The van der Waals surface area contributed by atoms with Gasteiger partial charge in [0.05, 0.1) is 12.2 Å². The molecule has 1 amide bonds. The first-order valence-electron chi connectivity index (χ1n) is 9.19. The molecule has 144 valence electrons. The number of carbonyl (C=O) groups is 1. The monoisotopic (exact) mass is 379 g/mol. The number of hydrogen-bond acceptors (Lipinski definition) is 5. The van der Waals surface area contributed by atoms with Crippen molar-refractivity contribution in [1.29, 1.82) is 0 Å². The van der Waals surface area contributed by atoms with Gasteiger partial charge in [0, 0.05) is 19.1 Å². The van der Waals surface area contributed by atoms with Crippen molar-refractivity contribution in [3.8, 4) is 11.5 Å². The molecule has 2 aliphatic heterocycles. The van der Waals surface area contributed by atoms with Crippen LogP contribution in [0.3, 0.4) is 0 Å². The Bertz CT molecular complexity index is 670. The minimum atomic E-state index is -1.78. The summed E-state index contributed by atoms with van der Waals surface area (Å²) in [7, 11) is -1.78. The molecule has 6 nitrogen and oxygen atoms in total. The van der Waals surface area contributed by atoms with E-state index < -0.39 is 8.32 Å². The van der Waals surface area contributed by atoms with Crippen LogP contribution in [0.15, 0.2) is 18.2 Å². The van der Waals surface area contributed by atoms with Crippen LogP contribution in [0.1, 0.15) is 27.2 Å². The zero-order valence-corrected chi connectivity index (χ0v) is 17.3. The highest BCUT2D eigenvalue weighted by Gasteiger charge is 2.38. The van der Waals surface area contributed by atoms with E-state index in [0.717, 1.165) is 5.69 Å². The SMILES string of the molecule is CC(C)(C)[Si](C)(C)OCC[C@@H]1CN(c2ccc3c(c2)OCCO3)C(=O)O1. The molecular weight excluding hydrogens is 350 g/mol. The first kappa shape index (κ1) is 19.0. The molecule has 0 bridgehead atoms. The minimum absolute atomic E-state index is 0.152. The number of hydrogen-bond donors (Lipinski definition) is 0. The number of carbonyl (C=O) groups excluding carboxylic acids is 1. The molecule has 0 N–H and O–H groups in total. The van der Waals surface area contributed by atoms with Gasteiger partial charge in [-0.3, -0.25) is 4.90 Å². The average molecular weight is 380 g/mol. The van der Waals surface area contributed by atoms with E-state index >= 15 is 0 Å². The highest BCUT2D eigenvalue weighted by Crippen LogP contribution is 2.37. The molecule has 1 atom stereocenters. The number of benzene rings is 1. The van der Waals surface area contributed by atoms with Gasteiger partial charge >= 0.3 is 6.09 Å². The number of nitrogens with zero attached hydrogens (tertiary/aromatic N) is 1. The van der Waals surface area contributed by atoms with Gasteiger partial charge < -0.3 is 18.6 Å². The lowest BCUT2D eigenvalue weighted by atomic mass is 10.2. The van der Waals surface area contributed by atoms with E-state index in [0.29, 0.717) is 44.3 Å². The van der Waals surface area contributed by atoms with Crippen molar-refractivity contribution in [3.05, 3.63) is 18.2 Å². The Morgan fingerprint density at radius 2 is 1.88 bits per heavy atom. The quantitative estimate of drug-likeness (QED) is 0.718. The van der Waals surface area contributed by atoms with Gasteiger partial charge in [0.2, 0.25) is 0 Å². The largest absolute Gasteiger partial charge is 0.486 e. The summed E-state index contributed by atoms with van der Waals surface area (Å²) in [5, 5.41) is 0.177. The van der Waals surface area contributed by atoms with Crippen LogP contribution in [0, 0.1) is 0 Å². The van der Waals surface area contributed by atoms with Crippen LogP contribution in [0.2, 0.25) is 18.1 Å². The lowest BCUT2D eigenvalue weighted by molar-refractivity contribution is 0.123.